The van der Waals surface area contributed by atoms with Gasteiger partial charge in [0.15, 0.2) is 0 Å². The topological polar surface area (TPSA) is 84.5 Å². The van der Waals surface area contributed by atoms with Gasteiger partial charge in [-0.05, 0) is 42.3 Å². The minimum atomic E-state index is -4.21. The summed E-state index contributed by atoms with van der Waals surface area (Å²) in [5.41, 5.74) is 0.669. The van der Waals surface area contributed by atoms with Crippen LogP contribution in [0.3, 0.4) is 0 Å². The van der Waals surface area contributed by atoms with Crippen LogP contribution in [0.2, 0.25) is 5.02 Å². The van der Waals surface area contributed by atoms with E-state index >= 15 is 0 Å². The second-order valence-corrected chi connectivity index (χ2v) is 8.75. The van der Waals surface area contributed by atoms with Crippen molar-refractivity contribution in [2.24, 2.45) is 0 Å². The Morgan fingerprint density at radius 1 is 1.06 bits per heavy atom. The van der Waals surface area contributed by atoms with Crippen molar-refractivity contribution in [1.29, 1.82) is 0 Å². The van der Waals surface area contributed by atoms with Crippen LogP contribution < -0.4 is 14.8 Å². The van der Waals surface area contributed by atoms with Crippen LogP contribution >= 0.6 is 11.6 Å². The number of ether oxygens (including phenoxy) is 1. The maximum Gasteiger partial charge on any atom is 0.245 e. The summed E-state index contributed by atoms with van der Waals surface area (Å²) in [5, 5.41) is 2.64. The van der Waals surface area contributed by atoms with Gasteiger partial charge < -0.3 is 10.1 Å². The van der Waals surface area contributed by atoms with Gasteiger partial charge in [0, 0.05) is 5.02 Å². The summed E-state index contributed by atoms with van der Waals surface area (Å²) in [4.78, 5) is 12.7. The van der Waals surface area contributed by atoms with Gasteiger partial charge in [-0.1, -0.05) is 54.1 Å². The van der Waals surface area contributed by atoms with Gasteiger partial charge >= 0.3 is 0 Å². The fourth-order valence-corrected chi connectivity index (χ4v) is 4.56. The Bertz CT molecular complexity index is 1170. The lowest BCUT2D eigenvalue weighted by Gasteiger charge is -2.20. The fourth-order valence-electron chi connectivity index (χ4n) is 2.93. The average molecular weight is 463 g/mol. The van der Waals surface area contributed by atoms with Gasteiger partial charge in [-0.3, -0.25) is 4.79 Å². The zero-order chi connectivity index (χ0) is 22.4. The molecule has 1 amide bonds. The molecule has 0 saturated carbocycles. The molecule has 31 heavy (non-hydrogen) atoms. The van der Waals surface area contributed by atoms with E-state index in [4.69, 9.17) is 16.3 Å². The maximum atomic E-state index is 14.0. The van der Waals surface area contributed by atoms with Gasteiger partial charge in [-0.25, -0.2) is 12.8 Å². The highest BCUT2D eigenvalue weighted by Gasteiger charge is 2.29. The molecule has 0 aliphatic carbocycles. The van der Waals surface area contributed by atoms with Crippen LogP contribution in [0, 0.1) is 5.82 Å². The van der Waals surface area contributed by atoms with Crippen molar-refractivity contribution in [2.75, 3.05) is 12.4 Å². The third kappa shape index (κ3) is 5.81. The summed E-state index contributed by atoms with van der Waals surface area (Å²) in [6.07, 6.45) is 0.0449. The van der Waals surface area contributed by atoms with E-state index in [1.54, 1.807) is 36.4 Å². The molecule has 3 aromatic rings. The van der Waals surface area contributed by atoms with E-state index in [0.29, 0.717) is 0 Å². The lowest BCUT2D eigenvalue weighted by molar-refractivity contribution is -0.117. The lowest BCUT2D eigenvalue weighted by atomic mass is 10.1. The SMILES string of the molecule is COc1ccc(Cl)cc1S(=O)(=O)N[C@H](Cc1ccccc1)C(=O)Nc1ccccc1F. The number of hydrogen-bond donors (Lipinski definition) is 2. The van der Waals surface area contributed by atoms with E-state index in [1.165, 1.54) is 43.5 Å². The number of nitrogens with one attached hydrogen (secondary N) is 2. The predicted octanol–water partition coefficient (Wildman–Crippen LogP) is 4.02. The number of benzene rings is 3. The molecule has 0 heterocycles. The molecule has 6 nitrogen and oxygen atoms in total. The minimum absolute atomic E-state index is 0.0449. The average Bonchev–Trinajstić information content (AvgIpc) is 2.75. The largest absolute Gasteiger partial charge is 0.495 e. The highest BCUT2D eigenvalue weighted by Crippen LogP contribution is 2.27. The number of halogens is 2. The lowest BCUT2D eigenvalue weighted by Crippen LogP contribution is -2.45. The summed E-state index contributed by atoms with van der Waals surface area (Å²) in [7, 11) is -2.88. The van der Waals surface area contributed by atoms with Gasteiger partial charge in [0.05, 0.1) is 12.8 Å². The number of carbonyl (C=O) groups is 1. The van der Waals surface area contributed by atoms with Crippen LogP contribution in [0.25, 0.3) is 0 Å². The minimum Gasteiger partial charge on any atom is -0.495 e. The third-order valence-electron chi connectivity index (χ3n) is 4.44. The molecule has 0 fully saturated rings. The number of sulfonamides is 1. The zero-order valence-electron chi connectivity index (χ0n) is 16.5. The standard InChI is InChI=1S/C22H20ClFN2O4S/c1-30-20-12-11-16(23)14-21(20)31(28,29)26-19(13-15-7-3-2-4-8-15)22(27)25-18-10-6-5-9-17(18)24/h2-12,14,19,26H,13H2,1H3,(H,25,27)/t19-/m1/s1. The molecule has 0 saturated heterocycles. The van der Waals surface area contributed by atoms with E-state index in [-0.39, 0.29) is 27.8 Å². The summed E-state index contributed by atoms with van der Waals surface area (Å²) in [5.74, 6) is -1.27. The Morgan fingerprint density at radius 2 is 1.74 bits per heavy atom. The second kappa shape index (κ2) is 9.91. The molecule has 0 aliphatic rings. The number of para-hydroxylation sites is 1. The monoisotopic (exact) mass is 462 g/mol. The third-order valence-corrected chi connectivity index (χ3v) is 6.17. The Kier molecular flexibility index (Phi) is 7.27. The molecular weight excluding hydrogens is 443 g/mol. The van der Waals surface area contributed by atoms with Gasteiger partial charge in [0.25, 0.3) is 0 Å². The first-order valence-electron chi connectivity index (χ1n) is 9.25. The Morgan fingerprint density at radius 3 is 2.42 bits per heavy atom. The van der Waals surface area contributed by atoms with Crippen molar-refractivity contribution in [1.82, 2.24) is 4.72 Å². The van der Waals surface area contributed by atoms with Gasteiger partial charge in [0.2, 0.25) is 15.9 Å². The smallest absolute Gasteiger partial charge is 0.245 e. The fraction of sp³-hybridized carbons (Fsp3) is 0.136. The maximum absolute atomic E-state index is 14.0. The molecule has 162 valence electrons. The van der Waals surface area contributed by atoms with Crippen LogP contribution in [0.4, 0.5) is 10.1 Å². The predicted molar refractivity (Wildman–Crippen MR) is 117 cm³/mol. The van der Waals surface area contributed by atoms with Crippen molar-refractivity contribution in [3.63, 3.8) is 0 Å². The molecule has 0 unspecified atom stereocenters. The van der Waals surface area contributed by atoms with E-state index in [9.17, 15) is 17.6 Å². The number of methoxy groups -OCH3 is 1. The molecule has 0 spiro atoms. The summed E-state index contributed by atoms with van der Waals surface area (Å²) < 4.78 is 47.7. The number of hydrogen-bond acceptors (Lipinski definition) is 4. The zero-order valence-corrected chi connectivity index (χ0v) is 18.1. The van der Waals surface area contributed by atoms with Crippen LogP contribution in [0.15, 0.2) is 77.7 Å². The van der Waals surface area contributed by atoms with E-state index in [1.807, 2.05) is 0 Å². The first kappa shape index (κ1) is 22.7. The highest BCUT2D eigenvalue weighted by molar-refractivity contribution is 7.89. The first-order valence-corrected chi connectivity index (χ1v) is 11.1. The van der Waals surface area contributed by atoms with Gasteiger partial charge in [-0.15, -0.1) is 0 Å². The Hall–Kier alpha value is -2.94. The number of carbonyl (C=O) groups excluding carboxylic acids is 1. The van der Waals surface area contributed by atoms with Crippen LogP contribution in [0.1, 0.15) is 5.56 Å². The first-order chi connectivity index (χ1) is 14.8. The normalized spacial score (nSPS) is 12.2. The van der Waals surface area contributed by atoms with Crippen molar-refractivity contribution in [3.8, 4) is 5.75 Å². The van der Waals surface area contributed by atoms with Crippen molar-refractivity contribution in [3.05, 3.63) is 89.2 Å². The Labute approximate surface area is 185 Å². The molecule has 0 bridgehead atoms. The van der Waals surface area contributed by atoms with Crippen LogP contribution in [0.5, 0.6) is 5.75 Å². The molecule has 1 atom stereocenters. The van der Waals surface area contributed by atoms with Gasteiger partial charge in [0.1, 0.15) is 22.5 Å². The van der Waals surface area contributed by atoms with E-state index in [0.717, 1.165) is 5.56 Å². The molecular formula is C22H20ClFN2O4S. The number of anilines is 1. The van der Waals surface area contributed by atoms with Crippen molar-refractivity contribution < 1.29 is 22.3 Å². The van der Waals surface area contributed by atoms with Gasteiger partial charge in [-0.2, -0.15) is 4.72 Å². The molecule has 0 radical (unpaired) electrons. The second-order valence-electron chi connectivity index (χ2n) is 6.63. The molecule has 9 heteroatoms. The molecule has 0 aliphatic heterocycles. The van der Waals surface area contributed by atoms with Crippen LogP contribution in [-0.2, 0) is 21.2 Å². The molecule has 3 aromatic carbocycles. The van der Waals surface area contributed by atoms with Crippen LogP contribution in [-0.4, -0.2) is 27.5 Å². The number of rotatable bonds is 8. The summed E-state index contributed by atoms with van der Waals surface area (Å²) >= 11 is 5.96. The highest BCUT2D eigenvalue weighted by atomic mass is 35.5. The quantitative estimate of drug-likeness (QED) is 0.529. The number of amides is 1. The van der Waals surface area contributed by atoms with E-state index < -0.39 is 27.8 Å². The summed E-state index contributed by atoms with van der Waals surface area (Å²) in [6.45, 7) is 0. The van der Waals surface area contributed by atoms with E-state index in [2.05, 4.69) is 10.0 Å². The summed E-state index contributed by atoms with van der Waals surface area (Å²) in [6, 6.07) is 17.4. The Balaban J connectivity index is 1.93. The molecule has 3 rings (SSSR count). The molecule has 0 aromatic heterocycles. The van der Waals surface area contributed by atoms with Crippen molar-refractivity contribution >= 4 is 33.2 Å². The van der Waals surface area contributed by atoms with Crippen molar-refractivity contribution in [2.45, 2.75) is 17.4 Å². The molecule has 2 N–H and O–H groups in total.